The van der Waals surface area contributed by atoms with E-state index in [0.29, 0.717) is 11.3 Å². The van der Waals surface area contributed by atoms with Crippen LogP contribution in [-0.4, -0.2) is 11.9 Å². The van der Waals surface area contributed by atoms with E-state index < -0.39 is 5.97 Å². The summed E-state index contributed by atoms with van der Waals surface area (Å²) in [5.41, 5.74) is 4.42. The van der Waals surface area contributed by atoms with Gasteiger partial charge in [-0.2, -0.15) is 0 Å². The van der Waals surface area contributed by atoms with E-state index in [0.717, 1.165) is 22.4 Å². The predicted octanol–water partition coefficient (Wildman–Crippen LogP) is 5.17. The Morgan fingerprint density at radius 2 is 1.36 bits per heavy atom. The summed E-state index contributed by atoms with van der Waals surface area (Å²) in [6, 6.07) is 21.8. The van der Waals surface area contributed by atoms with E-state index in [1.54, 1.807) is 30.3 Å². The predicted molar refractivity (Wildman–Crippen MR) is 111 cm³/mol. The van der Waals surface area contributed by atoms with Crippen molar-refractivity contribution in [3.8, 4) is 5.75 Å². The molecular weight excluding hydrogens is 350 g/mol. The molecule has 140 valence electrons. The number of anilines is 1. The van der Waals surface area contributed by atoms with E-state index in [1.165, 1.54) is 6.08 Å². The number of carbonyl (C=O) groups excluding carboxylic acids is 2. The molecule has 1 N–H and O–H groups in total. The van der Waals surface area contributed by atoms with Gasteiger partial charge in [0.05, 0.1) is 0 Å². The van der Waals surface area contributed by atoms with Gasteiger partial charge in [0.1, 0.15) is 5.75 Å². The number of aryl methyl sites for hydroxylation is 2. The van der Waals surface area contributed by atoms with Crippen molar-refractivity contribution >= 4 is 23.6 Å². The molecule has 0 aliphatic carbocycles. The topological polar surface area (TPSA) is 55.4 Å². The van der Waals surface area contributed by atoms with Gasteiger partial charge in [0.15, 0.2) is 0 Å². The van der Waals surface area contributed by atoms with Crippen molar-refractivity contribution in [2.45, 2.75) is 13.8 Å². The summed E-state index contributed by atoms with van der Waals surface area (Å²) in [5, 5.41) is 2.83. The molecule has 0 unspecified atom stereocenters. The second-order valence-corrected chi connectivity index (χ2v) is 6.51. The molecule has 3 aromatic rings. The lowest BCUT2D eigenvalue weighted by molar-refractivity contribution is -0.128. The molecule has 0 aromatic heterocycles. The molecule has 3 aromatic carbocycles. The highest BCUT2D eigenvalue weighted by molar-refractivity contribution is 6.04. The van der Waals surface area contributed by atoms with Crippen molar-refractivity contribution in [1.29, 1.82) is 0 Å². The Kier molecular flexibility index (Phi) is 6.02. The van der Waals surface area contributed by atoms with Crippen LogP contribution in [0, 0.1) is 13.8 Å². The van der Waals surface area contributed by atoms with Gasteiger partial charge in [-0.15, -0.1) is 0 Å². The van der Waals surface area contributed by atoms with Crippen LogP contribution in [0.4, 0.5) is 5.69 Å². The van der Waals surface area contributed by atoms with Gasteiger partial charge in [0.2, 0.25) is 0 Å². The first-order valence-corrected chi connectivity index (χ1v) is 8.94. The highest BCUT2D eigenvalue weighted by Crippen LogP contribution is 2.15. The maximum atomic E-state index is 12.3. The van der Waals surface area contributed by atoms with E-state index in [2.05, 4.69) is 5.32 Å². The summed E-state index contributed by atoms with van der Waals surface area (Å²) in [7, 11) is 0. The first-order chi connectivity index (χ1) is 13.5. The molecule has 0 atom stereocenters. The number of ether oxygens (including phenoxy) is 1. The molecule has 4 nitrogen and oxygen atoms in total. The Bertz CT molecular complexity index is 986. The maximum Gasteiger partial charge on any atom is 0.336 e. The van der Waals surface area contributed by atoms with Crippen molar-refractivity contribution in [2.24, 2.45) is 0 Å². The average molecular weight is 371 g/mol. The third-order valence-corrected chi connectivity index (χ3v) is 4.13. The molecule has 0 aliphatic heterocycles. The molecule has 0 saturated heterocycles. The second kappa shape index (κ2) is 8.82. The Balaban J connectivity index is 1.57. The van der Waals surface area contributed by atoms with E-state index in [9.17, 15) is 9.59 Å². The molecule has 28 heavy (non-hydrogen) atoms. The number of hydrogen-bond donors (Lipinski definition) is 1. The SMILES string of the molecule is Cc1ccc(/C=C/C(=O)Oc2ccc(C(=O)Nc3ccc(C)cc3)cc2)cc1. The lowest BCUT2D eigenvalue weighted by Gasteiger charge is -2.06. The molecular formula is C24H21NO3. The zero-order valence-corrected chi connectivity index (χ0v) is 15.8. The zero-order valence-electron chi connectivity index (χ0n) is 15.8. The van der Waals surface area contributed by atoms with E-state index in [-0.39, 0.29) is 5.91 Å². The van der Waals surface area contributed by atoms with Crippen LogP contribution in [0.5, 0.6) is 5.75 Å². The van der Waals surface area contributed by atoms with Gasteiger partial charge in [-0.3, -0.25) is 4.79 Å². The minimum Gasteiger partial charge on any atom is -0.423 e. The van der Waals surface area contributed by atoms with Gasteiger partial charge in [0.25, 0.3) is 5.91 Å². The van der Waals surface area contributed by atoms with Crippen LogP contribution in [0.2, 0.25) is 0 Å². The van der Waals surface area contributed by atoms with Gasteiger partial charge >= 0.3 is 5.97 Å². The zero-order chi connectivity index (χ0) is 19.9. The third-order valence-electron chi connectivity index (χ3n) is 4.13. The largest absolute Gasteiger partial charge is 0.423 e. The number of esters is 1. The highest BCUT2D eigenvalue weighted by atomic mass is 16.5. The molecule has 0 bridgehead atoms. The van der Waals surface area contributed by atoms with E-state index in [1.807, 2.05) is 62.4 Å². The Labute approximate surface area is 164 Å². The van der Waals surface area contributed by atoms with Gasteiger partial charge in [0, 0.05) is 17.3 Å². The van der Waals surface area contributed by atoms with Crippen molar-refractivity contribution in [3.05, 3.63) is 101 Å². The lowest BCUT2D eigenvalue weighted by Crippen LogP contribution is -2.12. The summed E-state index contributed by atoms with van der Waals surface area (Å²) in [6.07, 6.45) is 3.08. The standard InChI is InChI=1S/C24H21NO3/c1-17-3-7-19(8-4-17)9-16-23(26)28-22-14-10-20(11-15-22)24(27)25-21-12-5-18(2)6-13-21/h3-16H,1-2H3,(H,25,27)/b16-9+. The van der Waals surface area contributed by atoms with E-state index >= 15 is 0 Å². The first kappa shape index (κ1) is 19.1. The first-order valence-electron chi connectivity index (χ1n) is 8.94. The molecule has 3 rings (SSSR count). The van der Waals surface area contributed by atoms with Crippen LogP contribution in [0.15, 0.2) is 78.9 Å². The van der Waals surface area contributed by atoms with Crippen LogP contribution < -0.4 is 10.1 Å². The van der Waals surface area contributed by atoms with Crippen molar-refractivity contribution in [3.63, 3.8) is 0 Å². The van der Waals surface area contributed by atoms with E-state index in [4.69, 9.17) is 4.74 Å². The number of amides is 1. The monoisotopic (exact) mass is 371 g/mol. The Hall–Kier alpha value is -3.66. The van der Waals surface area contributed by atoms with Crippen LogP contribution in [0.25, 0.3) is 6.08 Å². The fraction of sp³-hybridized carbons (Fsp3) is 0.0833. The molecule has 0 fully saturated rings. The van der Waals surface area contributed by atoms with Crippen molar-refractivity contribution in [2.75, 3.05) is 5.32 Å². The summed E-state index contributed by atoms with van der Waals surface area (Å²) in [6.45, 7) is 3.99. The fourth-order valence-corrected chi connectivity index (χ4v) is 2.51. The maximum absolute atomic E-state index is 12.3. The smallest absolute Gasteiger partial charge is 0.336 e. The summed E-state index contributed by atoms with van der Waals surface area (Å²) in [4.78, 5) is 24.2. The van der Waals surface area contributed by atoms with Crippen LogP contribution >= 0.6 is 0 Å². The van der Waals surface area contributed by atoms with Crippen molar-refractivity contribution in [1.82, 2.24) is 0 Å². The number of rotatable bonds is 5. The van der Waals surface area contributed by atoms with Crippen molar-refractivity contribution < 1.29 is 14.3 Å². The summed E-state index contributed by atoms with van der Waals surface area (Å²) >= 11 is 0. The van der Waals surface area contributed by atoms with Crippen LogP contribution in [-0.2, 0) is 4.79 Å². The number of carbonyl (C=O) groups is 2. The number of nitrogens with one attached hydrogen (secondary N) is 1. The number of benzene rings is 3. The lowest BCUT2D eigenvalue weighted by atomic mass is 10.1. The summed E-state index contributed by atoms with van der Waals surface area (Å²) in [5.74, 6) is -0.316. The molecule has 1 amide bonds. The van der Waals surface area contributed by atoms with Gasteiger partial charge in [-0.05, 0) is 61.9 Å². The molecule has 4 heteroatoms. The third kappa shape index (κ3) is 5.42. The molecule has 0 heterocycles. The van der Waals surface area contributed by atoms with Gasteiger partial charge in [-0.1, -0.05) is 47.5 Å². The average Bonchev–Trinajstić information content (AvgIpc) is 2.70. The number of hydrogen-bond acceptors (Lipinski definition) is 3. The molecule has 0 aliphatic rings. The molecule has 0 spiro atoms. The normalized spacial score (nSPS) is 10.6. The minimum absolute atomic E-state index is 0.221. The Morgan fingerprint density at radius 3 is 1.96 bits per heavy atom. The quantitative estimate of drug-likeness (QED) is 0.382. The minimum atomic E-state index is -0.475. The molecule has 0 radical (unpaired) electrons. The highest BCUT2D eigenvalue weighted by Gasteiger charge is 2.07. The summed E-state index contributed by atoms with van der Waals surface area (Å²) < 4.78 is 5.27. The fourth-order valence-electron chi connectivity index (χ4n) is 2.51. The second-order valence-electron chi connectivity index (χ2n) is 6.51. The molecule has 0 saturated carbocycles. The van der Waals surface area contributed by atoms with Crippen LogP contribution in [0.3, 0.4) is 0 Å². The van der Waals surface area contributed by atoms with Gasteiger partial charge < -0.3 is 10.1 Å². The Morgan fingerprint density at radius 1 is 0.786 bits per heavy atom. The van der Waals surface area contributed by atoms with Crippen LogP contribution in [0.1, 0.15) is 27.0 Å². The van der Waals surface area contributed by atoms with Gasteiger partial charge in [-0.25, -0.2) is 4.79 Å².